The Morgan fingerprint density at radius 2 is 1.92 bits per heavy atom. The van der Waals surface area contributed by atoms with Gasteiger partial charge in [-0.15, -0.1) is 16.5 Å². The van der Waals surface area contributed by atoms with Crippen molar-refractivity contribution < 1.29 is 14.9 Å². The molecule has 1 heterocycles. The maximum atomic E-state index is 9.71. The van der Waals surface area contributed by atoms with E-state index in [0.717, 1.165) is 23.4 Å². The van der Waals surface area contributed by atoms with Crippen LogP contribution >= 0.6 is 11.3 Å². The first-order chi connectivity index (χ1) is 12.1. The van der Waals surface area contributed by atoms with Gasteiger partial charge in [-0.1, -0.05) is 12.1 Å². The molecule has 3 aromatic rings. The van der Waals surface area contributed by atoms with Gasteiger partial charge in [-0.05, 0) is 29.8 Å². The van der Waals surface area contributed by atoms with Gasteiger partial charge in [0.25, 0.3) is 0 Å². The molecule has 0 spiro atoms. The Kier molecular flexibility index (Phi) is 5.25. The van der Waals surface area contributed by atoms with Crippen molar-refractivity contribution in [1.82, 2.24) is 4.98 Å². The van der Waals surface area contributed by atoms with E-state index in [0.29, 0.717) is 10.7 Å². The molecule has 25 heavy (non-hydrogen) atoms. The van der Waals surface area contributed by atoms with Crippen LogP contribution in [0.15, 0.2) is 58.1 Å². The number of rotatable bonds is 6. The van der Waals surface area contributed by atoms with Gasteiger partial charge in [0.05, 0.1) is 19.3 Å². The largest absolute Gasteiger partial charge is 0.508 e. The Morgan fingerprint density at radius 1 is 1.12 bits per heavy atom. The lowest BCUT2D eigenvalue weighted by Crippen LogP contribution is -1.89. The second kappa shape index (κ2) is 7.76. The van der Waals surface area contributed by atoms with Crippen molar-refractivity contribution in [2.24, 2.45) is 10.2 Å². The van der Waals surface area contributed by atoms with Crippen LogP contribution in [0.2, 0.25) is 0 Å². The first-order valence-corrected chi connectivity index (χ1v) is 8.47. The molecule has 0 fully saturated rings. The third kappa shape index (κ3) is 4.54. The number of methoxy groups -OCH3 is 1. The zero-order valence-corrected chi connectivity index (χ0v) is 14.4. The average Bonchev–Trinajstić information content (AvgIpc) is 3.05. The van der Waals surface area contributed by atoms with Crippen molar-refractivity contribution in [3.63, 3.8) is 0 Å². The molecule has 0 radical (unpaired) electrons. The standard InChI is InChI=1S/C18H17N3O3S/c1-24-16-6-2-12(3-7-16)8-14-11-25-18(20-14)21-19-10-13-4-5-15(22)9-17(13)23/h2-7,9,11,22-23H,8,10H2,1H3. The molecule has 2 N–H and O–H groups in total. The van der Waals surface area contributed by atoms with E-state index >= 15 is 0 Å². The third-order valence-electron chi connectivity index (χ3n) is 3.55. The fourth-order valence-electron chi connectivity index (χ4n) is 2.23. The molecule has 128 valence electrons. The van der Waals surface area contributed by atoms with Crippen molar-refractivity contribution in [3.8, 4) is 17.2 Å². The molecule has 6 nitrogen and oxygen atoms in total. The molecule has 0 aliphatic heterocycles. The number of aromatic nitrogens is 1. The van der Waals surface area contributed by atoms with Gasteiger partial charge in [0.15, 0.2) is 0 Å². The van der Waals surface area contributed by atoms with Crippen molar-refractivity contribution in [3.05, 3.63) is 64.7 Å². The Morgan fingerprint density at radius 3 is 2.64 bits per heavy atom. The van der Waals surface area contributed by atoms with Crippen LogP contribution in [-0.2, 0) is 13.0 Å². The van der Waals surface area contributed by atoms with Gasteiger partial charge in [0.2, 0.25) is 5.13 Å². The highest BCUT2D eigenvalue weighted by Crippen LogP contribution is 2.25. The predicted molar refractivity (Wildman–Crippen MR) is 95.9 cm³/mol. The number of thiazole rings is 1. The van der Waals surface area contributed by atoms with Crippen LogP contribution in [0.1, 0.15) is 16.8 Å². The Balaban J connectivity index is 1.60. The van der Waals surface area contributed by atoms with Gasteiger partial charge < -0.3 is 14.9 Å². The second-order valence-electron chi connectivity index (χ2n) is 5.36. The monoisotopic (exact) mass is 355 g/mol. The second-order valence-corrected chi connectivity index (χ2v) is 6.20. The Hall–Kier alpha value is -2.93. The molecule has 0 aliphatic rings. The molecule has 0 aliphatic carbocycles. The molecule has 7 heteroatoms. The SMILES string of the molecule is COc1ccc(Cc2csc(N=NCc3ccc(O)cc3O)n2)cc1. The summed E-state index contributed by atoms with van der Waals surface area (Å²) in [5.74, 6) is 0.841. The lowest BCUT2D eigenvalue weighted by Gasteiger charge is -2.01. The minimum absolute atomic E-state index is 0.00159. The van der Waals surface area contributed by atoms with Crippen LogP contribution in [0.4, 0.5) is 5.13 Å². The summed E-state index contributed by atoms with van der Waals surface area (Å²) in [6.45, 7) is 0.222. The van der Waals surface area contributed by atoms with Crippen LogP contribution in [0.3, 0.4) is 0 Å². The van der Waals surface area contributed by atoms with Crippen molar-refractivity contribution in [1.29, 1.82) is 0 Å². The minimum Gasteiger partial charge on any atom is -0.508 e. The number of phenolic OH excluding ortho intramolecular Hbond substituents is 2. The number of hydrogen-bond acceptors (Lipinski definition) is 7. The number of ether oxygens (including phenoxy) is 1. The van der Waals surface area contributed by atoms with Gasteiger partial charge in [-0.3, -0.25) is 0 Å². The fourth-order valence-corrected chi connectivity index (χ4v) is 2.89. The van der Waals surface area contributed by atoms with Gasteiger partial charge in [-0.2, -0.15) is 5.11 Å². The zero-order valence-electron chi connectivity index (χ0n) is 13.6. The Bertz CT molecular complexity index is 876. The van der Waals surface area contributed by atoms with E-state index in [2.05, 4.69) is 15.2 Å². The lowest BCUT2D eigenvalue weighted by molar-refractivity contribution is 0.414. The highest BCUT2D eigenvalue weighted by molar-refractivity contribution is 7.13. The van der Waals surface area contributed by atoms with Crippen LogP contribution in [0.25, 0.3) is 0 Å². The summed E-state index contributed by atoms with van der Waals surface area (Å²) in [7, 11) is 1.64. The number of hydrogen-bond donors (Lipinski definition) is 2. The first-order valence-electron chi connectivity index (χ1n) is 7.60. The number of aromatic hydroxyl groups is 2. The molecule has 2 aromatic carbocycles. The van der Waals surface area contributed by atoms with Crippen molar-refractivity contribution >= 4 is 16.5 Å². The Labute approximate surface area is 149 Å². The van der Waals surface area contributed by atoms with Gasteiger partial charge in [-0.25, -0.2) is 4.98 Å². The van der Waals surface area contributed by atoms with Crippen LogP contribution in [-0.4, -0.2) is 22.3 Å². The molecule has 0 bridgehead atoms. The molecular formula is C18H17N3O3S. The topological polar surface area (TPSA) is 87.3 Å². The maximum Gasteiger partial charge on any atom is 0.229 e. The summed E-state index contributed by atoms with van der Waals surface area (Å²) in [5, 5.41) is 29.7. The number of phenols is 2. The maximum absolute atomic E-state index is 9.71. The molecular weight excluding hydrogens is 338 g/mol. The van der Waals surface area contributed by atoms with E-state index in [9.17, 15) is 10.2 Å². The van der Waals surface area contributed by atoms with E-state index in [1.54, 1.807) is 13.2 Å². The lowest BCUT2D eigenvalue weighted by atomic mass is 10.1. The smallest absolute Gasteiger partial charge is 0.229 e. The van der Waals surface area contributed by atoms with Crippen LogP contribution < -0.4 is 4.74 Å². The molecule has 1 aromatic heterocycles. The van der Waals surface area contributed by atoms with Crippen LogP contribution in [0.5, 0.6) is 17.2 Å². The van der Waals surface area contributed by atoms with Crippen molar-refractivity contribution in [2.45, 2.75) is 13.0 Å². The predicted octanol–water partition coefficient (Wildman–Crippen LogP) is 4.44. The fraction of sp³-hybridized carbons (Fsp3) is 0.167. The summed E-state index contributed by atoms with van der Waals surface area (Å²) < 4.78 is 5.15. The number of nitrogens with zero attached hydrogens (tertiary/aromatic N) is 3. The molecule has 0 saturated carbocycles. The summed E-state index contributed by atoms with van der Waals surface area (Å²) in [5.41, 5.74) is 2.66. The van der Waals surface area contributed by atoms with E-state index in [4.69, 9.17) is 4.74 Å². The van der Waals surface area contributed by atoms with E-state index in [1.165, 1.54) is 23.5 Å². The molecule has 0 saturated heterocycles. The van der Waals surface area contributed by atoms with E-state index in [-0.39, 0.29) is 18.0 Å². The van der Waals surface area contributed by atoms with Gasteiger partial charge >= 0.3 is 0 Å². The highest BCUT2D eigenvalue weighted by Gasteiger charge is 2.04. The van der Waals surface area contributed by atoms with E-state index < -0.39 is 0 Å². The first kappa shape index (κ1) is 16.9. The molecule has 3 rings (SSSR count). The van der Waals surface area contributed by atoms with Gasteiger partial charge in [0.1, 0.15) is 17.2 Å². The minimum atomic E-state index is -0.00159. The molecule has 0 atom stereocenters. The van der Waals surface area contributed by atoms with Crippen molar-refractivity contribution in [2.75, 3.05) is 7.11 Å². The zero-order chi connectivity index (χ0) is 17.6. The number of azo groups is 1. The highest BCUT2D eigenvalue weighted by atomic mass is 32.1. The quantitative estimate of drug-likeness (QED) is 0.640. The normalized spacial score (nSPS) is 11.1. The average molecular weight is 355 g/mol. The van der Waals surface area contributed by atoms with E-state index in [1.807, 2.05) is 29.6 Å². The molecule has 0 amide bonds. The third-order valence-corrected chi connectivity index (χ3v) is 4.32. The summed E-state index contributed by atoms with van der Waals surface area (Å²) in [6.07, 6.45) is 0.717. The summed E-state index contributed by atoms with van der Waals surface area (Å²) in [6, 6.07) is 12.3. The van der Waals surface area contributed by atoms with Gasteiger partial charge in [0, 0.05) is 23.4 Å². The number of benzene rings is 2. The van der Waals surface area contributed by atoms with Crippen LogP contribution in [0, 0.1) is 0 Å². The molecule has 0 unspecified atom stereocenters. The summed E-state index contributed by atoms with van der Waals surface area (Å²) in [4.78, 5) is 4.44. The summed E-state index contributed by atoms with van der Waals surface area (Å²) >= 11 is 1.42.